The Morgan fingerprint density at radius 3 is 2.38 bits per heavy atom. The van der Waals surface area contributed by atoms with Gasteiger partial charge in [-0.1, -0.05) is 27.7 Å². The molecule has 0 spiro atoms. The molecule has 0 saturated carbocycles. The number of fused-ring (bicyclic) bond motifs is 1. The first-order chi connectivity index (χ1) is 10.0. The average Bonchev–Trinajstić information content (AvgIpc) is 2.84. The van der Waals surface area contributed by atoms with E-state index in [4.69, 9.17) is 4.98 Å². The smallest absolute Gasteiger partial charge is 0.226 e. The predicted octanol–water partition coefficient (Wildman–Crippen LogP) is 2.90. The zero-order valence-electron chi connectivity index (χ0n) is 13.6. The molecule has 2 aromatic heterocycles. The monoisotopic (exact) mass is 290 g/mol. The third kappa shape index (κ3) is 3.83. The van der Waals surface area contributed by atoms with Gasteiger partial charge in [-0.15, -0.1) is 0 Å². The molecule has 0 amide bonds. The zero-order chi connectivity index (χ0) is 15.4. The Balaban J connectivity index is 2.45. The summed E-state index contributed by atoms with van der Waals surface area (Å²) in [5.41, 5.74) is 1.63. The fourth-order valence-corrected chi connectivity index (χ4v) is 2.41. The van der Waals surface area contributed by atoms with Crippen molar-refractivity contribution in [2.75, 3.05) is 29.9 Å². The SMILES string of the molecule is CCNc1nc(N(CC(C)C)CC(C)C)c2[nH]cnc2n1. The van der Waals surface area contributed by atoms with Crippen LogP contribution in [0.25, 0.3) is 11.2 Å². The van der Waals surface area contributed by atoms with E-state index in [1.54, 1.807) is 6.33 Å². The van der Waals surface area contributed by atoms with Crippen LogP contribution in [0.3, 0.4) is 0 Å². The maximum Gasteiger partial charge on any atom is 0.226 e. The number of anilines is 2. The van der Waals surface area contributed by atoms with Crippen molar-refractivity contribution < 1.29 is 0 Å². The number of aromatic amines is 1. The summed E-state index contributed by atoms with van der Waals surface area (Å²) in [5.74, 6) is 2.72. The molecule has 2 aromatic rings. The van der Waals surface area contributed by atoms with Crippen molar-refractivity contribution >= 4 is 22.9 Å². The fourth-order valence-electron chi connectivity index (χ4n) is 2.41. The first-order valence-electron chi connectivity index (χ1n) is 7.71. The molecule has 0 aromatic carbocycles. The minimum Gasteiger partial charge on any atom is -0.354 e. The van der Waals surface area contributed by atoms with Crippen molar-refractivity contribution in [2.24, 2.45) is 11.8 Å². The van der Waals surface area contributed by atoms with Crippen molar-refractivity contribution in [3.05, 3.63) is 6.33 Å². The number of nitrogens with one attached hydrogen (secondary N) is 2. The van der Waals surface area contributed by atoms with E-state index in [1.165, 1.54) is 0 Å². The Hall–Kier alpha value is -1.85. The third-order valence-corrected chi connectivity index (χ3v) is 3.07. The van der Waals surface area contributed by atoms with Gasteiger partial charge >= 0.3 is 0 Å². The molecule has 0 radical (unpaired) electrons. The van der Waals surface area contributed by atoms with Gasteiger partial charge in [-0.2, -0.15) is 9.97 Å². The zero-order valence-corrected chi connectivity index (χ0v) is 13.6. The van der Waals surface area contributed by atoms with E-state index in [9.17, 15) is 0 Å². The largest absolute Gasteiger partial charge is 0.354 e. The van der Waals surface area contributed by atoms with Crippen molar-refractivity contribution in [3.63, 3.8) is 0 Å². The normalized spacial score (nSPS) is 11.6. The van der Waals surface area contributed by atoms with E-state index in [-0.39, 0.29) is 0 Å². The molecule has 6 heteroatoms. The lowest BCUT2D eigenvalue weighted by atomic mass is 10.1. The van der Waals surface area contributed by atoms with Gasteiger partial charge in [-0.05, 0) is 18.8 Å². The van der Waals surface area contributed by atoms with Gasteiger partial charge in [0.2, 0.25) is 5.95 Å². The molecular formula is C15H26N6. The van der Waals surface area contributed by atoms with Crippen LogP contribution in [0.4, 0.5) is 11.8 Å². The van der Waals surface area contributed by atoms with Gasteiger partial charge < -0.3 is 15.2 Å². The second kappa shape index (κ2) is 6.74. The lowest BCUT2D eigenvalue weighted by molar-refractivity contribution is 0.550. The maximum atomic E-state index is 4.70. The van der Waals surface area contributed by atoms with Crippen LogP contribution in [-0.2, 0) is 0 Å². The van der Waals surface area contributed by atoms with Crippen LogP contribution in [0.2, 0.25) is 0 Å². The van der Waals surface area contributed by atoms with E-state index in [0.717, 1.165) is 31.0 Å². The highest BCUT2D eigenvalue weighted by Gasteiger charge is 2.18. The van der Waals surface area contributed by atoms with Crippen molar-refractivity contribution in [1.29, 1.82) is 0 Å². The first-order valence-corrected chi connectivity index (χ1v) is 7.71. The molecule has 0 bridgehead atoms. The van der Waals surface area contributed by atoms with Gasteiger partial charge in [-0.25, -0.2) is 4.98 Å². The molecule has 2 N–H and O–H groups in total. The van der Waals surface area contributed by atoms with Gasteiger partial charge in [0.05, 0.1) is 6.33 Å². The van der Waals surface area contributed by atoms with Gasteiger partial charge in [0, 0.05) is 19.6 Å². The number of H-pyrrole nitrogens is 1. The van der Waals surface area contributed by atoms with Crippen LogP contribution >= 0.6 is 0 Å². The molecule has 0 aliphatic rings. The van der Waals surface area contributed by atoms with E-state index in [1.807, 2.05) is 6.92 Å². The van der Waals surface area contributed by atoms with Crippen LogP contribution < -0.4 is 10.2 Å². The first kappa shape index (κ1) is 15.5. The number of nitrogens with zero attached hydrogens (tertiary/aromatic N) is 4. The Morgan fingerprint density at radius 1 is 1.14 bits per heavy atom. The molecular weight excluding hydrogens is 264 g/mol. The topological polar surface area (TPSA) is 69.7 Å². The third-order valence-electron chi connectivity index (χ3n) is 3.07. The quantitative estimate of drug-likeness (QED) is 0.820. The highest BCUT2D eigenvalue weighted by molar-refractivity contribution is 5.84. The van der Waals surface area contributed by atoms with Crippen molar-refractivity contribution in [1.82, 2.24) is 19.9 Å². The maximum absolute atomic E-state index is 4.70. The van der Waals surface area contributed by atoms with Crippen molar-refractivity contribution in [2.45, 2.75) is 34.6 Å². The summed E-state index contributed by atoms with van der Waals surface area (Å²) in [6.45, 7) is 13.7. The Labute approximate surface area is 126 Å². The number of imidazole rings is 1. The summed E-state index contributed by atoms with van der Waals surface area (Å²) >= 11 is 0. The van der Waals surface area contributed by atoms with Crippen LogP contribution in [-0.4, -0.2) is 39.6 Å². The van der Waals surface area contributed by atoms with Crippen LogP contribution in [0, 0.1) is 11.8 Å². The van der Waals surface area contributed by atoms with Gasteiger partial charge in [0.25, 0.3) is 0 Å². The van der Waals surface area contributed by atoms with Crippen LogP contribution in [0.15, 0.2) is 6.33 Å². The molecule has 0 saturated heterocycles. The summed E-state index contributed by atoms with van der Waals surface area (Å²) in [5, 5.41) is 3.19. The average molecular weight is 290 g/mol. The van der Waals surface area contributed by atoms with E-state index in [0.29, 0.717) is 23.4 Å². The lowest BCUT2D eigenvalue weighted by Gasteiger charge is -2.27. The lowest BCUT2D eigenvalue weighted by Crippen LogP contribution is -2.32. The summed E-state index contributed by atoms with van der Waals surface area (Å²) in [6.07, 6.45) is 1.68. The summed E-state index contributed by atoms with van der Waals surface area (Å²) in [6, 6.07) is 0. The molecule has 0 atom stereocenters. The molecule has 0 fully saturated rings. The van der Waals surface area contributed by atoms with E-state index >= 15 is 0 Å². The van der Waals surface area contributed by atoms with Gasteiger partial charge in [-0.3, -0.25) is 0 Å². The Morgan fingerprint density at radius 2 is 1.81 bits per heavy atom. The molecule has 21 heavy (non-hydrogen) atoms. The molecule has 116 valence electrons. The minimum atomic E-state index is 0.569. The second-order valence-electron chi connectivity index (χ2n) is 6.19. The molecule has 6 nitrogen and oxygen atoms in total. The summed E-state index contributed by atoms with van der Waals surface area (Å²) in [7, 11) is 0. The van der Waals surface area contributed by atoms with Gasteiger partial charge in [0.15, 0.2) is 11.5 Å². The molecule has 0 aliphatic heterocycles. The highest BCUT2D eigenvalue weighted by Crippen LogP contribution is 2.24. The molecule has 2 heterocycles. The van der Waals surface area contributed by atoms with Crippen LogP contribution in [0.1, 0.15) is 34.6 Å². The molecule has 0 aliphatic carbocycles. The fraction of sp³-hybridized carbons (Fsp3) is 0.667. The number of hydrogen-bond acceptors (Lipinski definition) is 5. The van der Waals surface area contributed by atoms with E-state index < -0.39 is 0 Å². The summed E-state index contributed by atoms with van der Waals surface area (Å²) < 4.78 is 0. The summed E-state index contributed by atoms with van der Waals surface area (Å²) in [4.78, 5) is 18.9. The molecule has 2 rings (SSSR count). The highest BCUT2D eigenvalue weighted by atomic mass is 15.2. The Kier molecular flexibility index (Phi) is 4.98. The standard InChI is InChI=1S/C15H26N6/c1-6-16-15-19-13-12(17-9-18-13)14(20-15)21(7-10(2)3)8-11(4)5/h9-11H,6-8H2,1-5H3,(H2,16,17,18,19,20). The Bertz CT molecular complexity index is 565. The van der Waals surface area contributed by atoms with Crippen LogP contribution in [0.5, 0.6) is 0 Å². The molecule has 0 unspecified atom stereocenters. The predicted molar refractivity (Wildman–Crippen MR) is 87.7 cm³/mol. The van der Waals surface area contributed by atoms with Gasteiger partial charge in [0.1, 0.15) is 5.52 Å². The second-order valence-corrected chi connectivity index (χ2v) is 6.19. The van der Waals surface area contributed by atoms with E-state index in [2.05, 4.69) is 52.9 Å². The number of rotatable bonds is 7. The number of hydrogen-bond donors (Lipinski definition) is 2. The minimum absolute atomic E-state index is 0.569. The van der Waals surface area contributed by atoms with Crippen molar-refractivity contribution in [3.8, 4) is 0 Å². The number of aromatic nitrogens is 4.